The maximum Gasteiger partial charge on any atom is 0.335 e. The van der Waals surface area contributed by atoms with E-state index in [2.05, 4.69) is 0 Å². The van der Waals surface area contributed by atoms with Crippen LogP contribution >= 0.6 is 0 Å². The van der Waals surface area contributed by atoms with E-state index in [0.29, 0.717) is 22.3 Å². The topological polar surface area (TPSA) is 181 Å². The first kappa shape index (κ1) is 48.6. The molecule has 0 atom stereocenters. The molecule has 11 heteroatoms. The Labute approximate surface area is 323 Å². The number of aromatic carboxylic acids is 4. The summed E-state index contributed by atoms with van der Waals surface area (Å²) in [6, 6.07) is 53.2. The van der Waals surface area contributed by atoms with Crippen LogP contribution in [-0.4, -0.2) is 49.8 Å². The zero-order chi connectivity index (χ0) is 33.8. The predicted molar refractivity (Wildman–Crippen MR) is 181 cm³/mol. The van der Waals surface area contributed by atoms with Crippen LogP contribution in [0.15, 0.2) is 182 Å². The van der Waals surface area contributed by atoms with E-state index in [1.807, 2.05) is 60.7 Å². The SMILES string of the molecule is O.O=C(O)c1ccccc1.O=C(O)c1ccccc1.O=C(O)c1ccccc1.O=C(O)c1ccccc1.[Zr].[Zr].c1cc[cH-]c1.c1cc[cH-]c1. The number of hydrogen-bond acceptors (Lipinski definition) is 4. The molecule has 6 aromatic rings. The van der Waals surface area contributed by atoms with Crippen molar-refractivity contribution in [3.63, 3.8) is 0 Å². The van der Waals surface area contributed by atoms with Crippen LogP contribution < -0.4 is 0 Å². The fourth-order valence-corrected chi connectivity index (χ4v) is 2.96. The molecule has 49 heavy (non-hydrogen) atoms. The van der Waals surface area contributed by atoms with Crippen molar-refractivity contribution < 1.29 is 97.5 Å². The van der Waals surface area contributed by atoms with E-state index in [9.17, 15) is 19.2 Å². The summed E-state index contributed by atoms with van der Waals surface area (Å²) in [4.78, 5) is 40.8. The van der Waals surface area contributed by atoms with Crippen molar-refractivity contribution in [3.05, 3.63) is 204 Å². The first-order valence-electron chi connectivity index (χ1n) is 13.7. The van der Waals surface area contributed by atoms with E-state index in [1.54, 1.807) is 121 Å². The van der Waals surface area contributed by atoms with Crippen molar-refractivity contribution in [1.82, 2.24) is 0 Å². The molecule has 0 bridgehead atoms. The first-order valence-corrected chi connectivity index (χ1v) is 13.7. The second kappa shape index (κ2) is 31.8. The Balaban J connectivity index is -0.000000519. The summed E-state index contributed by atoms with van der Waals surface area (Å²) in [7, 11) is 0. The molecule has 0 spiro atoms. The van der Waals surface area contributed by atoms with Crippen molar-refractivity contribution >= 4 is 23.9 Å². The summed E-state index contributed by atoms with van der Waals surface area (Å²) in [6.45, 7) is 0. The molecule has 0 radical (unpaired) electrons. The number of carbonyl (C=O) groups is 4. The van der Waals surface area contributed by atoms with Gasteiger partial charge in [0.15, 0.2) is 0 Å². The molecule has 6 aromatic carbocycles. The molecule has 0 amide bonds. The summed E-state index contributed by atoms with van der Waals surface area (Å²) in [5.74, 6) is -3.52. The van der Waals surface area contributed by atoms with Gasteiger partial charge in [0, 0.05) is 52.4 Å². The standard InChI is InChI=1S/4C7H6O2.2C5H5.H2O.2Zr/c4*8-7(9)6-4-2-1-3-5-6;2*1-2-4-5-3-1;;;/h4*1-5H,(H,8,9);2*1-5H;1H2;;/q;;;;2*-1;;;. The minimum absolute atomic E-state index is 0. The van der Waals surface area contributed by atoms with E-state index in [1.165, 1.54) is 0 Å². The molecular weight excluding hydrogens is 783 g/mol. The summed E-state index contributed by atoms with van der Waals surface area (Å²) in [5.41, 5.74) is 1.32. The van der Waals surface area contributed by atoms with E-state index in [4.69, 9.17) is 20.4 Å². The number of benzene rings is 4. The van der Waals surface area contributed by atoms with E-state index in [-0.39, 0.29) is 57.9 Å². The third-order valence-corrected chi connectivity index (χ3v) is 5.19. The van der Waals surface area contributed by atoms with Gasteiger partial charge in [-0.25, -0.2) is 43.4 Å². The van der Waals surface area contributed by atoms with Crippen LogP contribution in [0.3, 0.4) is 0 Å². The third-order valence-electron chi connectivity index (χ3n) is 5.19. The molecule has 0 aliphatic heterocycles. The van der Waals surface area contributed by atoms with Gasteiger partial charge in [-0.1, -0.05) is 72.8 Å². The normalized spacial score (nSPS) is 8.16. The van der Waals surface area contributed by atoms with Crippen LogP contribution in [0.2, 0.25) is 0 Å². The summed E-state index contributed by atoms with van der Waals surface area (Å²) in [5, 5.41) is 33.5. The zero-order valence-corrected chi connectivity index (χ0v) is 31.2. The largest absolute Gasteiger partial charge is 0.478 e. The van der Waals surface area contributed by atoms with Crippen LogP contribution in [0.4, 0.5) is 0 Å². The van der Waals surface area contributed by atoms with E-state index < -0.39 is 23.9 Å². The Morgan fingerprint density at radius 2 is 0.490 bits per heavy atom. The molecule has 0 aromatic heterocycles. The maximum atomic E-state index is 10.2. The molecule has 252 valence electrons. The van der Waals surface area contributed by atoms with Gasteiger partial charge in [0.1, 0.15) is 0 Å². The van der Waals surface area contributed by atoms with Gasteiger partial charge in [-0.05, 0) is 48.5 Å². The average molecular weight is 819 g/mol. The predicted octanol–water partition coefficient (Wildman–Crippen LogP) is 7.52. The molecule has 0 aliphatic carbocycles. The molecule has 0 unspecified atom stereocenters. The molecule has 0 heterocycles. The molecule has 0 saturated carbocycles. The molecule has 6 N–H and O–H groups in total. The fraction of sp³-hybridized carbons (Fsp3) is 0. The number of rotatable bonds is 4. The van der Waals surface area contributed by atoms with Crippen LogP contribution in [0, 0.1) is 0 Å². The Hall–Kier alpha value is -4.81. The molecule has 0 fully saturated rings. The zero-order valence-electron chi connectivity index (χ0n) is 26.2. The second-order valence-corrected chi connectivity index (χ2v) is 8.61. The van der Waals surface area contributed by atoms with E-state index in [0.717, 1.165) is 0 Å². The minimum Gasteiger partial charge on any atom is -0.478 e. The van der Waals surface area contributed by atoms with Crippen molar-refractivity contribution in [2.24, 2.45) is 0 Å². The number of carboxylic acids is 4. The van der Waals surface area contributed by atoms with Gasteiger partial charge < -0.3 is 25.9 Å². The Kier molecular flexibility index (Phi) is 31.5. The van der Waals surface area contributed by atoms with E-state index >= 15 is 0 Å². The smallest absolute Gasteiger partial charge is 0.335 e. The van der Waals surface area contributed by atoms with Crippen LogP contribution in [-0.2, 0) is 52.4 Å². The molecule has 0 aliphatic rings. The van der Waals surface area contributed by atoms with Crippen LogP contribution in [0.1, 0.15) is 41.4 Å². The fourth-order valence-electron chi connectivity index (χ4n) is 2.96. The van der Waals surface area contributed by atoms with Gasteiger partial charge in [0.2, 0.25) is 0 Å². The summed E-state index contributed by atoms with van der Waals surface area (Å²) < 4.78 is 0. The maximum absolute atomic E-state index is 10.2. The summed E-state index contributed by atoms with van der Waals surface area (Å²) in [6.07, 6.45) is 0. The number of hydrogen-bond donors (Lipinski definition) is 4. The minimum atomic E-state index is -0.879. The average Bonchev–Trinajstić information content (AvgIpc) is 3.88. The quantitative estimate of drug-likeness (QED) is 0.132. The van der Waals surface area contributed by atoms with Crippen molar-refractivity contribution in [1.29, 1.82) is 0 Å². The first-order chi connectivity index (χ1) is 22.2. The monoisotopic (exact) mass is 816 g/mol. The second-order valence-electron chi connectivity index (χ2n) is 8.61. The Morgan fingerprint density at radius 1 is 0.327 bits per heavy atom. The van der Waals surface area contributed by atoms with Gasteiger partial charge in [-0.3, -0.25) is 0 Å². The van der Waals surface area contributed by atoms with Gasteiger partial charge >= 0.3 is 23.9 Å². The van der Waals surface area contributed by atoms with Gasteiger partial charge in [-0.15, -0.1) is 0 Å². The van der Waals surface area contributed by atoms with Gasteiger partial charge in [0.05, 0.1) is 22.3 Å². The van der Waals surface area contributed by atoms with Gasteiger partial charge in [-0.2, -0.15) is 36.4 Å². The van der Waals surface area contributed by atoms with Gasteiger partial charge in [0.25, 0.3) is 0 Å². The van der Waals surface area contributed by atoms with Crippen molar-refractivity contribution in [2.75, 3.05) is 0 Å². The molecule has 9 nitrogen and oxygen atoms in total. The molecule has 6 rings (SSSR count). The molecule has 0 saturated heterocycles. The molecular formula is C38H36O9Zr2-2. The Bertz CT molecular complexity index is 1350. The number of carboxylic acid groups (broad SMARTS) is 4. The Morgan fingerprint density at radius 3 is 0.571 bits per heavy atom. The third kappa shape index (κ3) is 25.9. The van der Waals surface area contributed by atoms with Crippen LogP contribution in [0.5, 0.6) is 0 Å². The van der Waals surface area contributed by atoms with Crippen LogP contribution in [0.25, 0.3) is 0 Å². The van der Waals surface area contributed by atoms with Crippen molar-refractivity contribution in [3.8, 4) is 0 Å². The summed E-state index contributed by atoms with van der Waals surface area (Å²) >= 11 is 0. The van der Waals surface area contributed by atoms with Crippen molar-refractivity contribution in [2.45, 2.75) is 0 Å².